The van der Waals surface area contributed by atoms with Crippen molar-refractivity contribution in [3.63, 3.8) is 0 Å². The minimum absolute atomic E-state index is 0.0473. The van der Waals surface area contributed by atoms with E-state index in [-0.39, 0.29) is 5.60 Å². The molecule has 2 fully saturated rings. The van der Waals surface area contributed by atoms with E-state index in [1.165, 1.54) is 4.88 Å². The Morgan fingerprint density at radius 3 is 2.95 bits per heavy atom. The summed E-state index contributed by atoms with van der Waals surface area (Å²) in [5, 5.41) is 2.13. The van der Waals surface area contributed by atoms with Crippen molar-refractivity contribution in [1.29, 1.82) is 0 Å². The molecule has 0 radical (unpaired) electrons. The number of hydrogen-bond acceptors (Lipinski definition) is 5. The van der Waals surface area contributed by atoms with E-state index in [9.17, 15) is 0 Å². The van der Waals surface area contributed by atoms with Gasteiger partial charge in [0, 0.05) is 30.7 Å². The Labute approximate surface area is 124 Å². The Hall–Kier alpha value is -0.460. The summed E-state index contributed by atoms with van der Waals surface area (Å²) in [7, 11) is 0. The molecule has 0 aromatic carbocycles. The summed E-state index contributed by atoms with van der Waals surface area (Å²) in [5.41, 5.74) is 3.10. The third-order valence-electron chi connectivity index (χ3n) is 4.72. The quantitative estimate of drug-likeness (QED) is 0.660. The van der Waals surface area contributed by atoms with Gasteiger partial charge in [-0.1, -0.05) is 6.07 Å². The number of hydrazine groups is 1. The fourth-order valence-electron chi connectivity index (χ4n) is 3.51. The molecule has 0 saturated carbocycles. The van der Waals surface area contributed by atoms with Crippen molar-refractivity contribution in [1.82, 2.24) is 5.43 Å². The normalized spacial score (nSPS) is 27.6. The molecule has 3 N–H and O–H groups in total. The summed E-state index contributed by atoms with van der Waals surface area (Å²) in [6.07, 6.45) is 5.28. The largest absolute Gasteiger partial charge is 0.381 e. The van der Waals surface area contributed by atoms with E-state index < -0.39 is 0 Å². The summed E-state index contributed by atoms with van der Waals surface area (Å²) in [4.78, 5) is 1.40. The lowest BCUT2D eigenvalue weighted by Gasteiger charge is -2.45. The van der Waals surface area contributed by atoms with Crippen LogP contribution in [0.3, 0.4) is 0 Å². The van der Waals surface area contributed by atoms with Gasteiger partial charge in [-0.15, -0.1) is 11.3 Å². The second-order valence-corrected chi connectivity index (χ2v) is 6.99. The monoisotopic (exact) mass is 296 g/mol. The van der Waals surface area contributed by atoms with Crippen LogP contribution in [-0.4, -0.2) is 31.5 Å². The van der Waals surface area contributed by atoms with Gasteiger partial charge in [-0.3, -0.25) is 11.3 Å². The number of rotatable bonds is 4. The number of thiophene rings is 1. The second kappa shape index (κ2) is 6.54. The maximum Gasteiger partial charge on any atom is 0.0729 e. The highest BCUT2D eigenvalue weighted by Crippen LogP contribution is 2.38. The van der Waals surface area contributed by atoms with Crippen LogP contribution in [0.1, 0.15) is 30.6 Å². The lowest BCUT2D eigenvalue weighted by atomic mass is 9.77. The molecule has 2 atom stereocenters. The van der Waals surface area contributed by atoms with Crippen LogP contribution >= 0.6 is 11.3 Å². The Morgan fingerprint density at radius 2 is 2.25 bits per heavy atom. The highest BCUT2D eigenvalue weighted by Gasteiger charge is 2.41. The minimum atomic E-state index is 0.0473. The predicted molar refractivity (Wildman–Crippen MR) is 80.6 cm³/mol. The van der Waals surface area contributed by atoms with E-state index in [1.54, 1.807) is 0 Å². The van der Waals surface area contributed by atoms with Crippen LogP contribution in [0.5, 0.6) is 0 Å². The van der Waals surface area contributed by atoms with Crippen LogP contribution in [0.25, 0.3) is 0 Å². The Kier molecular flexibility index (Phi) is 4.73. The Morgan fingerprint density at radius 1 is 1.40 bits per heavy atom. The molecular weight excluding hydrogens is 272 g/mol. The molecule has 2 unspecified atom stereocenters. The van der Waals surface area contributed by atoms with Gasteiger partial charge in [-0.25, -0.2) is 0 Å². The molecule has 0 bridgehead atoms. The molecule has 2 aliphatic heterocycles. The summed E-state index contributed by atoms with van der Waals surface area (Å²) >= 11 is 1.81. The van der Waals surface area contributed by atoms with Crippen molar-refractivity contribution >= 4 is 11.3 Å². The van der Waals surface area contributed by atoms with E-state index in [0.29, 0.717) is 12.0 Å². The van der Waals surface area contributed by atoms with E-state index >= 15 is 0 Å². The zero-order valence-electron chi connectivity index (χ0n) is 11.8. The molecule has 1 aromatic heterocycles. The molecule has 3 rings (SSSR count). The number of hydrogen-bond donors (Lipinski definition) is 2. The average Bonchev–Trinajstić information content (AvgIpc) is 2.98. The topological polar surface area (TPSA) is 56.5 Å². The number of nitrogens with one attached hydrogen (secondary N) is 1. The highest BCUT2D eigenvalue weighted by molar-refractivity contribution is 7.09. The van der Waals surface area contributed by atoms with Crippen molar-refractivity contribution < 1.29 is 9.47 Å². The first-order valence-electron chi connectivity index (χ1n) is 7.51. The third-order valence-corrected chi connectivity index (χ3v) is 5.62. The summed E-state index contributed by atoms with van der Waals surface area (Å²) in [5.74, 6) is 6.42. The molecule has 112 valence electrons. The van der Waals surface area contributed by atoms with Crippen LogP contribution in [0.4, 0.5) is 0 Å². The van der Waals surface area contributed by atoms with Crippen LogP contribution in [0.2, 0.25) is 0 Å². The molecule has 0 amide bonds. The molecule has 2 saturated heterocycles. The first-order valence-corrected chi connectivity index (χ1v) is 8.39. The van der Waals surface area contributed by atoms with Crippen molar-refractivity contribution in [2.75, 3.05) is 19.8 Å². The van der Waals surface area contributed by atoms with Crippen LogP contribution in [-0.2, 0) is 15.9 Å². The molecule has 2 aliphatic rings. The molecule has 20 heavy (non-hydrogen) atoms. The number of nitrogens with two attached hydrogens (primary N) is 1. The molecular formula is C15H24N2O2S. The van der Waals surface area contributed by atoms with E-state index in [0.717, 1.165) is 51.9 Å². The smallest absolute Gasteiger partial charge is 0.0729 e. The second-order valence-electron chi connectivity index (χ2n) is 5.95. The zero-order chi connectivity index (χ0) is 13.8. The Bertz CT molecular complexity index is 399. The van der Waals surface area contributed by atoms with Gasteiger partial charge in [0.25, 0.3) is 0 Å². The van der Waals surface area contributed by atoms with Gasteiger partial charge >= 0.3 is 0 Å². The van der Waals surface area contributed by atoms with E-state index in [1.807, 2.05) is 11.3 Å². The first-order chi connectivity index (χ1) is 9.81. The minimum Gasteiger partial charge on any atom is -0.381 e. The zero-order valence-corrected chi connectivity index (χ0v) is 12.7. The van der Waals surface area contributed by atoms with Crippen molar-refractivity contribution in [3.8, 4) is 0 Å². The lowest BCUT2D eigenvalue weighted by molar-refractivity contribution is -0.150. The average molecular weight is 296 g/mol. The van der Waals surface area contributed by atoms with Gasteiger partial charge in [0.05, 0.1) is 5.60 Å². The molecule has 0 aliphatic carbocycles. The van der Waals surface area contributed by atoms with Crippen LogP contribution in [0, 0.1) is 5.92 Å². The van der Waals surface area contributed by atoms with E-state index in [4.69, 9.17) is 15.3 Å². The van der Waals surface area contributed by atoms with E-state index in [2.05, 4.69) is 22.9 Å². The predicted octanol–water partition coefficient (Wildman–Crippen LogP) is 2.10. The number of ether oxygens (including phenoxy) is 2. The van der Waals surface area contributed by atoms with Gasteiger partial charge in [0.2, 0.25) is 0 Å². The standard InChI is InChI=1S/C15H24N2O2S/c16-17-14(10-13-2-1-9-20-13)12-3-6-19-15(11-12)4-7-18-8-5-15/h1-2,9,12,14,17H,3-8,10-11,16H2. The van der Waals surface area contributed by atoms with Gasteiger partial charge in [-0.2, -0.15) is 0 Å². The van der Waals surface area contributed by atoms with Crippen LogP contribution < -0.4 is 11.3 Å². The molecule has 5 heteroatoms. The van der Waals surface area contributed by atoms with Gasteiger partial charge in [-0.05, 0) is 49.5 Å². The maximum atomic E-state index is 6.12. The Balaban J connectivity index is 1.65. The molecule has 3 heterocycles. The molecule has 4 nitrogen and oxygen atoms in total. The molecule has 1 spiro atoms. The summed E-state index contributed by atoms with van der Waals surface area (Å²) in [6, 6.07) is 4.65. The fraction of sp³-hybridized carbons (Fsp3) is 0.733. The van der Waals surface area contributed by atoms with Crippen molar-refractivity contribution in [2.45, 2.75) is 43.7 Å². The van der Waals surface area contributed by atoms with Crippen LogP contribution in [0.15, 0.2) is 17.5 Å². The fourth-order valence-corrected chi connectivity index (χ4v) is 4.27. The van der Waals surface area contributed by atoms with Crippen molar-refractivity contribution in [2.24, 2.45) is 11.8 Å². The summed E-state index contributed by atoms with van der Waals surface area (Å²) in [6.45, 7) is 2.52. The lowest BCUT2D eigenvalue weighted by Crippen LogP contribution is -2.51. The van der Waals surface area contributed by atoms with Gasteiger partial charge < -0.3 is 9.47 Å². The summed E-state index contributed by atoms with van der Waals surface area (Å²) < 4.78 is 11.6. The third kappa shape index (κ3) is 3.23. The highest BCUT2D eigenvalue weighted by atomic mass is 32.1. The van der Waals surface area contributed by atoms with Gasteiger partial charge in [0.1, 0.15) is 0 Å². The maximum absolute atomic E-state index is 6.12. The van der Waals surface area contributed by atoms with Crippen molar-refractivity contribution in [3.05, 3.63) is 22.4 Å². The molecule has 1 aromatic rings. The van der Waals surface area contributed by atoms with Gasteiger partial charge in [0.15, 0.2) is 0 Å². The first kappa shape index (κ1) is 14.5. The SMILES string of the molecule is NNC(Cc1cccs1)C1CCOC2(CCOCC2)C1.